The molecule has 0 amide bonds. The van der Waals surface area contributed by atoms with E-state index in [2.05, 4.69) is 26.1 Å². The summed E-state index contributed by atoms with van der Waals surface area (Å²) in [5, 5.41) is 13.7. The van der Waals surface area contributed by atoms with E-state index < -0.39 is 11.5 Å². The van der Waals surface area contributed by atoms with E-state index in [0.717, 1.165) is 32.1 Å². The Bertz CT molecular complexity index is 353. The van der Waals surface area contributed by atoms with Crippen LogP contribution in [0.25, 0.3) is 0 Å². The molecule has 2 aliphatic rings. The number of carboxylic acid groups (broad SMARTS) is 1. The van der Waals surface area contributed by atoms with E-state index in [4.69, 9.17) is 0 Å². The van der Waals surface area contributed by atoms with Crippen LogP contribution < -0.4 is 5.32 Å². The number of hydrogen-bond acceptors (Lipinski definition) is 2. The fourth-order valence-corrected chi connectivity index (χ4v) is 4.62. The fourth-order valence-electron chi connectivity index (χ4n) is 4.62. The molecule has 0 aromatic rings. The van der Waals surface area contributed by atoms with Crippen molar-refractivity contribution in [1.82, 2.24) is 5.32 Å². The monoisotopic (exact) mass is 295 g/mol. The van der Waals surface area contributed by atoms with Crippen LogP contribution in [-0.4, -0.2) is 22.7 Å². The molecule has 0 aromatic heterocycles. The van der Waals surface area contributed by atoms with Crippen molar-refractivity contribution in [3.05, 3.63) is 0 Å². The van der Waals surface area contributed by atoms with Crippen molar-refractivity contribution in [3.63, 3.8) is 0 Å². The van der Waals surface area contributed by atoms with Gasteiger partial charge in [0.25, 0.3) is 0 Å². The quantitative estimate of drug-likeness (QED) is 0.761. The van der Waals surface area contributed by atoms with E-state index in [1.807, 2.05) is 0 Å². The van der Waals surface area contributed by atoms with Gasteiger partial charge in [-0.25, -0.2) is 0 Å². The molecule has 2 rings (SSSR count). The molecule has 3 nitrogen and oxygen atoms in total. The van der Waals surface area contributed by atoms with Gasteiger partial charge in [0.1, 0.15) is 5.54 Å². The van der Waals surface area contributed by atoms with Gasteiger partial charge in [0.05, 0.1) is 0 Å². The zero-order valence-electron chi connectivity index (χ0n) is 14.1. The molecule has 3 heteroatoms. The van der Waals surface area contributed by atoms with E-state index in [9.17, 15) is 9.90 Å². The van der Waals surface area contributed by atoms with Gasteiger partial charge in [-0.3, -0.25) is 10.1 Å². The number of nitrogens with one attached hydrogen (secondary N) is 1. The maximum Gasteiger partial charge on any atom is 0.324 e. The highest BCUT2D eigenvalue weighted by Gasteiger charge is 2.52. The van der Waals surface area contributed by atoms with Crippen molar-refractivity contribution in [2.24, 2.45) is 11.3 Å². The SMILES string of the molecule is CC(C)(C)C1CCCCC1(NC1CCCCCC1)C(=O)O. The number of aliphatic carboxylic acids is 1. The molecule has 2 N–H and O–H groups in total. The van der Waals surface area contributed by atoms with Crippen LogP contribution in [0.5, 0.6) is 0 Å². The second-order valence-electron chi connectivity index (χ2n) is 8.27. The lowest BCUT2D eigenvalue weighted by atomic mass is 9.61. The average molecular weight is 295 g/mol. The van der Waals surface area contributed by atoms with E-state index in [1.54, 1.807) is 0 Å². The summed E-state index contributed by atoms with van der Waals surface area (Å²) in [7, 11) is 0. The standard InChI is InChI=1S/C18H33NO2/c1-17(2,3)15-12-8-9-13-18(15,16(20)21)19-14-10-6-4-5-7-11-14/h14-15,19H,4-13H2,1-3H3,(H,20,21). The van der Waals surface area contributed by atoms with Gasteiger partial charge < -0.3 is 5.11 Å². The Labute approximate surface area is 129 Å². The third kappa shape index (κ3) is 3.80. The molecule has 2 saturated carbocycles. The molecule has 122 valence electrons. The first-order valence-corrected chi connectivity index (χ1v) is 8.87. The Hall–Kier alpha value is -0.570. The minimum atomic E-state index is -0.703. The van der Waals surface area contributed by atoms with E-state index >= 15 is 0 Å². The minimum Gasteiger partial charge on any atom is -0.480 e. The topological polar surface area (TPSA) is 49.3 Å². The van der Waals surface area contributed by atoms with Crippen LogP contribution in [0, 0.1) is 11.3 Å². The van der Waals surface area contributed by atoms with Gasteiger partial charge >= 0.3 is 5.97 Å². The smallest absolute Gasteiger partial charge is 0.324 e. The van der Waals surface area contributed by atoms with Crippen molar-refractivity contribution in [2.45, 2.75) is 96.6 Å². The highest BCUT2D eigenvalue weighted by molar-refractivity contribution is 5.79. The summed E-state index contributed by atoms with van der Waals surface area (Å²) >= 11 is 0. The molecule has 2 atom stereocenters. The molecule has 2 unspecified atom stereocenters. The molecular formula is C18H33NO2. The van der Waals surface area contributed by atoms with Crippen LogP contribution in [0.1, 0.15) is 85.0 Å². The lowest BCUT2D eigenvalue weighted by molar-refractivity contribution is -0.153. The Morgan fingerprint density at radius 2 is 1.57 bits per heavy atom. The molecule has 0 heterocycles. The average Bonchev–Trinajstić information content (AvgIpc) is 2.66. The summed E-state index contributed by atoms with van der Waals surface area (Å²) < 4.78 is 0. The zero-order chi connectivity index (χ0) is 15.5. The van der Waals surface area contributed by atoms with E-state index in [0.29, 0.717) is 6.04 Å². The summed E-state index contributed by atoms with van der Waals surface area (Å²) in [5.41, 5.74) is -0.665. The van der Waals surface area contributed by atoms with Crippen molar-refractivity contribution >= 4 is 5.97 Å². The maximum absolute atomic E-state index is 12.2. The number of carbonyl (C=O) groups is 1. The maximum atomic E-state index is 12.2. The van der Waals surface area contributed by atoms with Crippen LogP contribution in [0.3, 0.4) is 0 Å². The Morgan fingerprint density at radius 1 is 1.00 bits per heavy atom. The second-order valence-corrected chi connectivity index (χ2v) is 8.27. The molecule has 21 heavy (non-hydrogen) atoms. The van der Waals surface area contributed by atoms with Crippen LogP contribution in [0.15, 0.2) is 0 Å². The van der Waals surface area contributed by atoms with Crippen LogP contribution in [0.2, 0.25) is 0 Å². The summed E-state index contributed by atoms with van der Waals surface area (Å²) in [4.78, 5) is 12.2. The van der Waals surface area contributed by atoms with Gasteiger partial charge in [-0.2, -0.15) is 0 Å². The van der Waals surface area contributed by atoms with Crippen LogP contribution in [0.4, 0.5) is 0 Å². The predicted octanol–water partition coefficient (Wildman–Crippen LogP) is 4.36. The van der Waals surface area contributed by atoms with E-state index in [-0.39, 0.29) is 11.3 Å². The van der Waals surface area contributed by atoms with Crippen molar-refractivity contribution in [2.75, 3.05) is 0 Å². The molecule has 2 fully saturated rings. The molecular weight excluding hydrogens is 262 g/mol. The fraction of sp³-hybridized carbons (Fsp3) is 0.944. The number of carboxylic acids is 1. The van der Waals surface area contributed by atoms with Gasteiger partial charge in [0.2, 0.25) is 0 Å². The lowest BCUT2D eigenvalue weighted by Crippen LogP contribution is -2.64. The Morgan fingerprint density at radius 3 is 2.10 bits per heavy atom. The van der Waals surface area contributed by atoms with Gasteiger partial charge in [-0.1, -0.05) is 59.3 Å². The normalized spacial score (nSPS) is 32.6. The minimum absolute atomic E-state index is 0.0382. The largest absolute Gasteiger partial charge is 0.480 e. The highest BCUT2D eigenvalue weighted by Crippen LogP contribution is 2.45. The summed E-state index contributed by atoms with van der Waals surface area (Å²) in [6.07, 6.45) is 11.4. The van der Waals surface area contributed by atoms with Gasteiger partial charge in [-0.05, 0) is 37.0 Å². The first-order chi connectivity index (χ1) is 9.86. The molecule has 0 saturated heterocycles. The second kappa shape index (κ2) is 6.68. The molecule has 0 bridgehead atoms. The summed E-state index contributed by atoms with van der Waals surface area (Å²) in [6, 6.07) is 0.395. The van der Waals surface area contributed by atoms with E-state index in [1.165, 1.54) is 32.1 Å². The number of rotatable bonds is 3. The molecule has 0 aliphatic heterocycles. The first kappa shape index (κ1) is 16.8. The lowest BCUT2D eigenvalue weighted by Gasteiger charge is -2.49. The van der Waals surface area contributed by atoms with Crippen molar-refractivity contribution in [3.8, 4) is 0 Å². The van der Waals surface area contributed by atoms with Gasteiger partial charge in [0, 0.05) is 6.04 Å². The third-order valence-electron chi connectivity index (χ3n) is 5.65. The van der Waals surface area contributed by atoms with Gasteiger partial charge in [-0.15, -0.1) is 0 Å². The highest BCUT2D eigenvalue weighted by atomic mass is 16.4. The molecule has 0 radical (unpaired) electrons. The Balaban J connectivity index is 2.22. The van der Waals surface area contributed by atoms with Crippen LogP contribution >= 0.6 is 0 Å². The van der Waals surface area contributed by atoms with Crippen LogP contribution in [-0.2, 0) is 4.79 Å². The van der Waals surface area contributed by atoms with Gasteiger partial charge in [0.15, 0.2) is 0 Å². The Kier molecular flexibility index (Phi) is 5.34. The predicted molar refractivity (Wildman–Crippen MR) is 86.4 cm³/mol. The molecule has 2 aliphatic carbocycles. The van der Waals surface area contributed by atoms with Crippen molar-refractivity contribution < 1.29 is 9.90 Å². The first-order valence-electron chi connectivity index (χ1n) is 8.87. The number of hydrogen-bond donors (Lipinski definition) is 2. The zero-order valence-corrected chi connectivity index (χ0v) is 14.1. The molecule has 0 aromatic carbocycles. The summed E-state index contributed by atoms with van der Waals surface area (Å²) in [6.45, 7) is 6.61. The van der Waals surface area contributed by atoms with Crippen molar-refractivity contribution in [1.29, 1.82) is 0 Å². The third-order valence-corrected chi connectivity index (χ3v) is 5.65. The molecule has 0 spiro atoms. The summed E-state index contributed by atoms with van der Waals surface area (Å²) in [5.74, 6) is -0.397.